The third kappa shape index (κ3) is 5.94. The Kier molecular flexibility index (Phi) is 7.65. The van der Waals surface area contributed by atoms with Crippen LogP contribution in [0.1, 0.15) is 30.4 Å². The van der Waals surface area contributed by atoms with Crippen LogP contribution in [-0.4, -0.2) is 32.0 Å². The second kappa shape index (κ2) is 8.73. The summed E-state index contributed by atoms with van der Waals surface area (Å²) in [6.07, 6.45) is 5.07. The van der Waals surface area contributed by atoms with E-state index < -0.39 is 10.0 Å². The molecule has 1 rings (SSSR count). The van der Waals surface area contributed by atoms with Gasteiger partial charge >= 0.3 is 0 Å². The van der Waals surface area contributed by atoms with Gasteiger partial charge in [0.15, 0.2) is 0 Å². The van der Waals surface area contributed by atoms with Gasteiger partial charge in [-0.2, -0.15) is 11.8 Å². The van der Waals surface area contributed by atoms with Crippen molar-refractivity contribution in [1.82, 2.24) is 4.72 Å². The van der Waals surface area contributed by atoms with Crippen molar-refractivity contribution in [3.63, 3.8) is 0 Å². The number of thiocarbonyl (C=S) groups is 1. The lowest BCUT2D eigenvalue weighted by Crippen LogP contribution is -2.25. The van der Waals surface area contributed by atoms with Crippen LogP contribution in [0.25, 0.3) is 0 Å². The van der Waals surface area contributed by atoms with Crippen molar-refractivity contribution in [2.24, 2.45) is 5.73 Å². The van der Waals surface area contributed by atoms with E-state index >= 15 is 0 Å². The SMILES string of the molecule is CSCCCCCNS(=O)(=O)c1ccc(C(N)=S)cc1C. The van der Waals surface area contributed by atoms with E-state index in [1.165, 1.54) is 0 Å². The van der Waals surface area contributed by atoms with Crippen LogP contribution in [-0.2, 0) is 10.0 Å². The predicted octanol–water partition coefficient (Wildman–Crippen LogP) is 2.44. The minimum atomic E-state index is -3.47. The number of nitrogens with two attached hydrogens (primary N) is 1. The number of nitrogens with one attached hydrogen (secondary N) is 1. The number of thioether (sulfide) groups is 1. The second-order valence-electron chi connectivity index (χ2n) is 4.80. The molecule has 0 aliphatic carbocycles. The normalized spacial score (nSPS) is 11.5. The fourth-order valence-corrected chi connectivity index (χ4v) is 3.85. The Hall–Kier alpha value is -0.630. The molecule has 0 saturated heterocycles. The molecule has 0 aliphatic heterocycles. The lowest BCUT2D eigenvalue weighted by molar-refractivity contribution is 0.575. The minimum absolute atomic E-state index is 0.267. The molecule has 0 bridgehead atoms. The first-order valence-corrected chi connectivity index (χ1v) is 10.1. The quantitative estimate of drug-likeness (QED) is 0.531. The van der Waals surface area contributed by atoms with Gasteiger partial charge in [0, 0.05) is 12.1 Å². The molecule has 118 valence electrons. The molecule has 0 spiro atoms. The molecule has 0 amide bonds. The van der Waals surface area contributed by atoms with Crippen LogP contribution in [0.2, 0.25) is 0 Å². The number of hydrogen-bond donors (Lipinski definition) is 2. The average Bonchev–Trinajstić information content (AvgIpc) is 2.42. The summed E-state index contributed by atoms with van der Waals surface area (Å²) in [6, 6.07) is 4.90. The number of benzene rings is 1. The number of aryl methyl sites for hydroxylation is 1. The van der Waals surface area contributed by atoms with E-state index in [-0.39, 0.29) is 9.88 Å². The number of unbranched alkanes of at least 4 members (excludes halogenated alkanes) is 2. The fourth-order valence-electron chi connectivity index (χ4n) is 1.94. The van der Waals surface area contributed by atoms with Gasteiger partial charge in [-0.3, -0.25) is 0 Å². The molecule has 0 aromatic heterocycles. The van der Waals surface area contributed by atoms with Crippen molar-refractivity contribution < 1.29 is 8.42 Å². The number of sulfonamides is 1. The van der Waals surface area contributed by atoms with Crippen molar-refractivity contribution in [2.75, 3.05) is 18.6 Å². The molecule has 0 atom stereocenters. The van der Waals surface area contributed by atoms with Crippen LogP contribution >= 0.6 is 24.0 Å². The van der Waals surface area contributed by atoms with Gasteiger partial charge in [0.1, 0.15) is 4.99 Å². The van der Waals surface area contributed by atoms with E-state index in [9.17, 15) is 8.42 Å². The monoisotopic (exact) mass is 346 g/mol. The zero-order chi connectivity index (χ0) is 15.9. The van der Waals surface area contributed by atoms with Crippen molar-refractivity contribution in [3.05, 3.63) is 29.3 Å². The predicted molar refractivity (Wildman–Crippen MR) is 94.5 cm³/mol. The van der Waals surface area contributed by atoms with Crippen LogP contribution in [0.15, 0.2) is 23.1 Å². The van der Waals surface area contributed by atoms with Crippen molar-refractivity contribution in [3.8, 4) is 0 Å². The Morgan fingerprint density at radius 2 is 2.05 bits per heavy atom. The Labute approximate surface area is 136 Å². The molecule has 21 heavy (non-hydrogen) atoms. The Morgan fingerprint density at radius 1 is 1.33 bits per heavy atom. The van der Waals surface area contributed by atoms with Gasteiger partial charge in [-0.1, -0.05) is 24.7 Å². The van der Waals surface area contributed by atoms with Crippen LogP contribution < -0.4 is 10.5 Å². The number of hydrogen-bond acceptors (Lipinski definition) is 4. The molecule has 7 heteroatoms. The zero-order valence-electron chi connectivity index (χ0n) is 12.4. The standard InChI is InChI=1S/C14H22N2O2S3/c1-11-10-12(14(15)19)6-7-13(11)21(17,18)16-8-4-3-5-9-20-2/h6-7,10,16H,3-5,8-9H2,1-2H3,(H2,15,19). The first-order valence-electron chi connectivity index (χ1n) is 6.77. The summed E-state index contributed by atoms with van der Waals surface area (Å²) in [5.74, 6) is 1.12. The molecule has 1 aromatic rings. The maximum absolute atomic E-state index is 12.2. The maximum atomic E-state index is 12.2. The van der Waals surface area contributed by atoms with E-state index in [0.717, 1.165) is 25.0 Å². The summed E-state index contributed by atoms with van der Waals surface area (Å²) in [4.78, 5) is 0.551. The smallest absolute Gasteiger partial charge is 0.240 e. The first-order chi connectivity index (χ1) is 9.88. The zero-order valence-corrected chi connectivity index (χ0v) is 14.8. The molecule has 0 fully saturated rings. The largest absolute Gasteiger partial charge is 0.389 e. The Bertz CT molecular complexity index is 586. The summed E-state index contributed by atoms with van der Waals surface area (Å²) in [5.41, 5.74) is 6.87. The van der Waals surface area contributed by atoms with Crippen LogP contribution in [0.5, 0.6) is 0 Å². The summed E-state index contributed by atoms with van der Waals surface area (Å²) in [6.45, 7) is 2.21. The van der Waals surface area contributed by atoms with E-state index in [2.05, 4.69) is 11.0 Å². The third-order valence-corrected chi connectivity index (χ3v) is 5.62. The van der Waals surface area contributed by atoms with E-state index in [0.29, 0.717) is 17.7 Å². The third-order valence-electron chi connectivity index (χ3n) is 3.07. The highest BCUT2D eigenvalue weighted by Crippen LogP contribution is 2.16. The van der Waals surface area contributed by atoms with Gasteiger partial charge in [0.25, 0.3) is 0 Å². The Balaban J connectivity index is 2.64. The van der Waals surface area contributed by atoms with E-state index in [1.54, 1.807) is 25.1 Å². The van der Waals surface area contributed by atoms with Gasteiger partial charge < -0.3 is 5.73 Å². The molecule has 0 saturated carbocycles. The van der Waals surface area contributed by atoms with Crippen LogP contribution in [0.3, 0.4) is 0 Å². The van der Waals surface area contributed by atoms with Gasteiger partial charge in [0.05, 0.1) is 4.90 Å². The van der Waals surface area contributed by atoms with Crippen LogP contribution in [0, 0.1) is 6.92 Å². The van der Waals surface area contributed by atoms with Crippen molar-refractivity contribution in [1.29, 1.82) is 0 Å². The average molecular weight is 347 g/mol. The second-order valence-corrected chi connectivity index (χ2v) is 7.96. The van der Waals surface area contributed by atoms with Crippen LogP contribution in [0.4, 0.5) is 0 Å². The lowest BCUT2D eigenvalue weighted by atomic mass is 10.1. The molecule has 0 heterocycles. The topological polar surface area (TPSA) is 72.2 Å². The maximum Gasteiger partial charge on any atom is 0.240 e. The van der Waals surface area contributed by atoms with Gasteiger partial charge in [-0.25, -0.2) is 13.1 Å². The van der Waals surface area contributed by atoms with E-state index in [1.807, 2.05) is 11.8 Å². The molecular weight excluding hydrogens is 324 g/mol. The van der Waals surface area contributed by atoms with Crippen molar-refractivity contribution >= 4 is 39.0 Å². The molecule has 0 unspecified atom stereocenters. The minimum Gasteiger partial charge on any atom is -0.389 e. The summed E-state index contributed by atoms with van der Waals surface area (Å²) in [7, 11) is -3.47. The van der Waals surface area contributed by atoms with E-state index in [4.69, 9.17) is 18.0 Å². The first kappa shape index (κ1) is 18.4. The molecule has 1 aromatic carbocycles. The molecule has 0 aliphatic rings. The molecule has 0 radical (unpaired) electrons. The fraction of sp³-hybridized carbons (Fsp3) is 0.500. The Morgan fingerprint density at radius 3 is 2.62 bits per heavy atom. The molecule has 4 nitrogen and oxygen atoms in total. The highest BCUT2D eigenvalue weighted by Gasteiger charge is 2.16. The van der Waals surface area contributed by atoms with Gasteiger partial charge in [-0.15, -0.1) is 0 Å². The highest BCUT2D eigenvalue weighted by atomic mass is 32.2. The molecular formula is C14H22N2O2S3. The van der Waals surface area contributed by atoms with Crippen molar-refractivity contribution in [2.45, 2.75) is 31.1 Å². The number of rotatable bonds is 9. The summed E-state index contributed by atoms with van der Waals surface area (Å²) >= 11 is 6.70. The molecule has 3 N–H and O–H groups in total. The lowest BCUT2D eigenvalue weighted by Gasteiger charge is -2.10. The summed E-state index contributed by atoms with van der Waals surface area (Å²) < 4.78 is 27.1. The van der Waals surface area contributed by atoms with Gasteiger partial charge in [0.2, 0.25) is 10.0 Å². The van der Waals surface area contributed by atoms with Gasteiger partial charge in [-0.05, 0) is 49.5 Å². The summed E-state index contributed by atoms with van der Waals surface area (Å²) in [5, 5.41) is 0. The highest BCUT2D eigenvalue weighted by molar-refractivity contribution is 7.98.